The fourth-order valence-electron chi connectivity index (χ4n) is 2.39. The fraction of sp³-hybridized carbons (Fsp3) is 0.267. The van der Waals surface area contributed by atoms with Crippen LogP contribution in [0.1, 0.15) is 18.0 Å². The van der Waals surface area contributed by atoms with Crippen LogP contribution in [0.2, 0.25) is 0 Å². The van der Waals surface area contributed by atoms with Gasteiger partial charge in [-0.05, 0) is 24.3 Å². The Morgan fingerprint density at radius 1 is 1.35 bits per heavy atom. The molecule has 0 fully saturated rings. The molecule has 0 saturated heterocycles. The van der Waals surface area contributed by atoms with Crippen molar-refractivity contribution >= 4 is 10.0 Å². The van der Waals surface area contributed by atoms with Crippen molar-refractivity contribution in [1.82, 2.24) is 9.71 Å². The predicted octanol–water partition coefficient (Wildman–Crippen LogP) is 2.03. The number of rotatable bonds is 4. The van der Waals surface area contributed by atoms with Crippen molar-refractivity contribution < 1.29 is 22.3 Å². The quantitative estimate of drug-likeness (QED) is 0.923. The second-order valence-electron chi connectivity index (χ2n) is 5.03. The Balaban J connectivity index is 1.88. The van der Waals surface area contributed by atoms with Crippen molar-refractivity contribution in [2.75, 3.05) is 13.7 Å². The minimum Gasteiger partial charge on any atom is -0.493 e. The number of hydrogen-bond donors (Lipinski definition) is 1. The van der Waals surface area contributed by atoms with Crippen LogP contribution in [-0.4, -0.2) is 27.1 Å². The molecule has 2 heterocycles. The highest BCUT2D eigenvalue weighted by atomic mass is 32.2. The SMILES string of the molecule is COc1ccc(S(=O)(=O)N[C@@H]2CCOc3ccc(F)cc32)cn1. The van der Waals surface area contributed by atoms with Gasteiger partial charge in [0.25, 0.3) is 0 Å². The average molecular weight is 338 g/mol. The highest BCUT2D eigenvalue weighted by molar-refractivity contribution is 7.89. The van der Waals surface area contributed by atoms with E-state index in [1.807, 2.05) is 0 Å². The number of hydrogen-bond acceptors (Lipinski definition) is 5. The Kier molecular flexibility index (Phi) is 4.18. The molecule has 0 bridgehead atoms. The lowest BCUT2D eigenvalue weighted by molar-refractivity contribution is 0.262. The molecule has 1 atom stereocenters. The van der Waals surface area contributed by atoms with Crippen molar-refractivity contribution in [3.8, 4) is 11.6 Å². The summed E-state index contributed by atoms with van der Waals surface area (Å²) in [6.07, 6.45) is 1.63. The zero-order chi connectivity index (χ0) is 16.4. The number of nitrogens with one attached hydrogen (secondary N) is 1. The molecule has 122 valence electrons. The van der Waals surface area contributed by atoms with Gasteiger partial charge >= 0.3 is 0 Å². The molecule has 1 N–H and O–H groups in total. The van der Waals surface area contributed by atoms with E-state index in [-0.39, 0.29) is 4.90 Å². The van der Waals surface area contributed by atoms with Gasteiger partial charge in [0.05, 0.1) is 26.0 Å². The van der Waals surface area contributed by atoms with E-state index in [1.54, 1.807) is 0 Å². The molecule has 1 aliphatic heterocycles. The number of methoxy groups -OCH3 is 1. The van der Waals surface area contributed by atoms with E-state index in [0.717, 1.165) is 0 Å². The molecule has 0 saturated carbocycles. The van der Waals surface area contributed by atoms with Gasteiger partial charge in [0.15, 0.2) is 0 Å². The maximum Gasteiger partial charge on any atom is 0.242 e. The van der Waals surface area contributed by atoms with Crippen LogP contribution in [0.25, 0.3) is 0 Å². The Morgan fingerprint density at radius 2 is 2.17 bits per heavy atom. The van der Waals surface area contributed by atoms with Crippen LogP contribution < -0.4 is 14.2 Å². The summed E-state index contributed by atoms with van der Waals surface area (Å²) in [4.78, 5) is 3.91. The zero-order valence-electron chi connectivity index (χ0n) is 12.3. The molecule has 0 aliphatic carbocycles. The molecule has 6 nitrogen and oxygen atoms in total. The highest BCUT2D eigenvalue weighted by Crippen LogP contribution is 2.33. The van der Waals surface area contributed by atoms with E-state index in [9.17, 15) is 12.8 Å². The number of nitrogens with zero attached hydrogens (tertiary/aromatic N) is 1. The number of fused-ring (bicyclic) bond motifs is 1. The first-order valence-electron chi connectivity index (χ1n) is 6.94. The number of sulfonamides is 1. The van der Waals surface area contributed by atoms with E-state index in [2.05, 4.69) is 9.71 Å². The van der Waals surface area contributed by atoms with Gasteiger partial charge in [-0.2, -0.15) is 0 Å². The smallest absolute Gasteiger partial charge is 0.242 e. The van der Waals surface area contributed by atoms with E-state index < -0.39 is 21.9 Å². The number of benzene rings is 1. The third-order valence-electron chi connectivity index (χ3n) is 3.54. The number of ether oxygens (including phenoxy) is 2. The van der Waals surface area contributed by atoms with Crippen LogP contribution in [-0.2, 0) is 10.0 Å². The summed E-state index contributed by atoms with van der Waals surface area (Å²) in [5.74, 6) is 0.366. The Morgan fingerprint density at radius 3 is 2.87 bits per heavy atom. The summed E-state index contributed by atoms with van der Waals surface area (Å²) >= 11 is 0. The Bertz CT molecular complexity index is 809. The van der Waals surface area contributed by atoms with Gasteiger partial charge in [0.1, 0.15) is 16.5 Å². The summed E-state index contributed by atoms with van der Waals surface area (Å²) < 4.78 is 51.3. The minimum atomic E-state index is -3.79. The lowest BCUT2D eigenvalue weighted by Gasteiger charge is -2.26. The largest absolute Gasteiger partial charge is 0.493 e. The van der Waals surface area contributed by atoms with E-state index >= 15 is 0 Å². The Labute approximate surface area is 133 Å². The molecule has 23 heavy (non-hydrogen) atoms. The van der Waals surface area contributed by atoms with Crippen LogP contribution in [0.15, 0.2) is 41.4 Å². The molecule has 1 aliphatic rings. The molecule has 0 unspecified atom stereocenters. The molecule has 2 aromatic rings. The number of aromatic nitrogens is 1. The second kappa shape index (κ2) is 6.13. The highest BCUT2D eigenvalue weighted by Gasteiger charge is 2.27. The molecule has 0 radical (unpaired) electrons. The predicted molar refractivity (Wildman–Crippen MR) is 80.4 cm³/mol. The van der Waals surface area contributed by atoms with Gasteiger partial charge in [-0.15, -0.1) is 0 Å². The lowest BCUT2D eigenvalue weighted by Crippen LogP contribution is -2.32. The van der Waals surface area contributed by atoms with Gasteiger partial charge in [-0.1, -0.05) is 0 Å². The van der Waals surface area contributed by atoms with E-state index in [4.69, 9.17) is 9.47 Å². The summed E-state index contributed by atoms with van der Waals surface area (Å²) in [6, 6.07) is 6.38. The molecule has 0 amide bonds. The fourth-order valence-corrected chi connectivity index (χ4v) is 3.58. The van der Waals surface area contributed by atoms with Crippen molar-refractivity contribution in [2.45, 2.75) is 17.4 Å². The van der Waals surface area contributed by atoms with Gasteiger partial charge in [-0.3, -0.25) is 0 Å². The number of pyridine rings is 1. The topological polar surface area (TPSA) is 77.5 Å². The minimum absolute atomic E-state index is 0.0164. The first-order chi connectivity index (χ1) is 11.0. The van der Waals surface area contributed by atoms with E-state index in [0.29, 0.717) is 30.2 Å². The molecule has 1 aromatic heterocycles. The third-order valence-corrected chi connectivity index (χ3v) is 4.99. The van der Waals surface area contributed by atoms with Crippen LogP contribution >= 0.6 is 0 Å². The molecule has 8 heteroatoms. The van der Waals surface area contributed by atoms with Crippen molar-refractivity contribution in [2.24, 2.45) is 0 Å². The molecule has 0 spiro atoms. The summed E-state index contributed by atoms with van der Waals surface area (Å²) in [6.45, 7) is 0.354. The lowest BCUT2D eigenvalue weighted by atomic mass is 10.0. The van der Waals surface area contributed by atoms with Crippen LogP contribution in [0.5, 0.6) is 11.6 Å². The Hall–Kier alpha value is -2.19. The maximum atomic E-state index is 13.5. The van der Waals surface area contributed by atoms with Crippen LogP contribution in [0.4, 0.5) is 4.39 Å². The number of halogens is 1. The molecular weight excluding hydrogens is 323 g/mol. The summed E-state index contributed by atoms with van der Waals surface area (Å²) in [7, 11) is -2.34. The van der Waals surface area contributed by atoms with Crippen molar-refractivity contribution in [3.63, 3.8) is 0 Å². The first kappa shape index (κ1) is 15.7. The summed E-state index contributed by atoms with van der Waals surface area (Å²) in [5.41, 5.74) is 0.487. The standard InChI is InChI=1S/C15H15FN2O4S/c1-21-15-5-3-11(9-17-15)23(19,20)18-13-6-7-22-14-4-2-10(16)8-12(13)14/h2-5,8-9,13,18H,6-7H2,1H3/t13-/m1/s1. The zero-order valence-corrected chi connectivity index (χ0v) is 13.1. The van der Waals surface area contributed by atoms with E-state index in [1.165, 1.54) is 43.6 Å². The normalized spacial score (nSPS) is 17.2. The molecular formula is C15H15FN2O4S. The van der Waals surface area contributed by atoms with Crippen molar-refractivity contribution in [3.05, 3.63) is 47.9 Å². The maximum absolute atomic E-state index is 13.5. The van der Waals surface area contributed by atoms with Gasteiger partial charge in [0, 0.05) is 18.1 Å². The molecule has 1 aromatic carbocycles. The van der Waals surface area contributed by atoms with Gasteiger partial charge in [-0.25, -0.2) is 22.5 Å². The summed E-state index contributed by atoms with van der Waals surface area (Å²) in [5, 5.41) is 0. The third kappa shape index (κ3) is 3.27. The van der Waals surface area contributed by atoms with Crippen LogP contribution in [0, 0.1) is 5.82 Å². The van der Waals surface area contributed by atoms with Crippen molar-refractivity contribution in [1.29, 1.82) is 0 Å². The van der Waals surface area contributed by atoms with Gasteiger partial charge in [0.2, 0.25) is 15.9 Å². The first-order valence-corrected chi connectivity index (χ1v) is 8.42. The second-order valence-corrected chi connectivity index (χ2v) is 6.74. The monoisotopic (exact) mass is 338 g/mol. The van der Waals surface area contributed by atoms with Crippen LogP contribution in [0.3, 0.4) is 0 Å². The average Bonchev–Trinajstić information content (AvgIpc) is 2.55. The van der Waals surface area contributed by atoms with Gasteiger partial charge < -0.3 is 9.47 Å². The molecule has 3 rings (SSSR count).